The Morgan fingerprint density at radius 3 is 2.69 bits per heavy atom. The van der Waals surface area contributed by atoms with Crippen LogP contribution < -0.4 is 4.74 Å². The van der Waals surface area contributed by atoms with Gasteiger partial charge in [0.1, 0.15) is 5.75 Å². The molecule has 29 heavy (non-hydrogen) atoms. The Kier molecular flexibility index (Phi) is 5.62. The van der Waals surface area contributed by atoms with E-state index in [-0.39, 0.29) is 18.5 Å². The summed E-state index contributed by atoms with van der Waals surface area (Å²) in [7, 11) is 1.61. The average Bonchev–Trinajstić information content (AvgIpc) is 3.48. The molecule has 148 valence electrons. The van der Waals surface area contributed by atoms with Gasteiger partial charge in [-0.05, 0) is 49.2 Å². The second kappa shape index (κ2) is 8.49. The van der Waals surface area contributed by atoms with Gasteiger partial charge in [-0.1, -0.05) is 29.8 Å². The lowest BCUT2D eigenvalue weighted by molar-refractivity contribution is -0.127. The van der Waals surface area contributed by atoms with Crippen LogP contribution in [0.4, 0.5) is 0 Å². The maximum Gasteiger partial charge on any atom is 0.247 e. The number of aromatic nitrogens is 2. The first-order chi connectivity index (χ1) is 14.1. The van der Waals surface area contributed by atoms with E-state index in [1.165, 1.54) is 0 Å². The normalized spacial score (nSPS) is 13.6. The highest BCUT2D eigenvalue weighted by molar-refractivity contribution is 6.30. The van der Waals surface area contributed by atoms with Crippen molar-refractivity contribution in [2.45, 2.75) is 25.4 Å². The van der Waals surface area contributed by atoms with Crippen LogP contribution in [0.15, 0.2) is 59.0 Å². The predicted molar refractivity (Wildman–Crippen MR) is 110 cm³/mol. The van der Waals surface area contributed by atoms with Crippen LogP contribution in [-0.2, 0) is 11.3 Å². The molecule has 0 aliphatic heterocycles. The molecule has 1 aliphatic rings. The minimum Gasteiger partial charge on any atom is -0.496 e. The predicted octanol–water partition coefficient (Wildman–Crippen LogP) is 4.60. The molecule has 6 nitrogen and oxygen atoms in total. The molecule has 3 aromatic rings. The van der Waals surface area contributed by atoms with Gasteiger partial charge in [-0.15, -0.1) is 10.2 Å². The molecule has 4 rings (SSSR count). The van der Waals surface area contributed by atoms with Crippen molar-refractivity contribution in [1.82, 2.24) is 15.1 Å². The number of rotatable bonds is 7. The fourth-order valence-corrected chi connectivity index (χ4v) is 3.13. The van der Waals surface area contributed by atoms with Crippen molar-refractivity contribution in [1.29, 1.82) is 0 Å². The number of hydrogen-bond acceptors (Lipinski definition) is 5. The molecular weight excluding hydrogens is 390 g/mol. The zero-order chi connectivity index (χ0) is 20.2. The molecule has 1 heterocycles. The standard InChI is InChI=1S/C22H20ClN3O3/c1-28-19-5-3-2-4-15(19)8-13-21(27)26(18-11-12-18)14-20-24-25-22(29-20)16-6-9-17(23)10-7-16/h2-10,13,18H,11-12,14H2,1H3/b13-8+. The minimum atomic E-state index is -0.0929. The Labute approximate surface area is 173 Å². The van der Waals surface area contributed by atoms with E-state index in [1.807, 2.05) is 36.4 Å². The smallest absolute Gasteiger partial charge is 0.247 e. The molecular formula is C22H20ClN3O3. The number of benzene rings is 2. The third kappa shape index (κ3) is 4.66. The quantitative estimate of drug-likeness (QED) is 0.533. The lowest BCUT2D eigenvalue weighted by Gasteiger charge is -2.18. The molecule has 1 aliphatic carbocycles. The monoisotopic (exact) mass is 409 g/mol. The fraction of sp³-hybridized carbons (Fsp3) is 0.227. The van der Waals surface area contributed by atoms with Gasteiger partial charge in [-0.2, -0.15) is 0 Å². The van der Waals surface area contributed by atoms with Gasteiger partial charge in [0.25, 0.3) is 0 Å². The molecule has 1 fully saturated rings. The minimum absolute atomic E-state index is 0.0929. The van der Waals surface area contributed by atoms with Crippen molar-refractivity contribution in [3.8, 4) is 17.2 Å². The average molecular weight is 410 g/mol. The topological polar surface area (TPSA) is 68.5 Å². The number of amides is 1. The van der Waals surface area contributed by atoms with Gasteiger partial charge in [0.05, 0.1) is 13.7 Å². The number of nitrogens with zero attached hydrogens (tertiary/aromatic N) is 3. The SMILES string of the molecule is COc1ccccc1/C=C/C(=O)N(Cc1nnc(-c2ccc(Cl)cc2)o1)C1CC1. The van der Waals surface area contributed by atoms with Crippen molar-refractivity contribution in [2.75, 3.05) is 7.11 Å². The van der Waals surface area contributed by atoms with Crippen molar-refractivity contribution in [2.24, 2.45) is 0 Å². The zero-order valence-electron chi connectivity index (χ0n) is 15.9. The molecule has 0 unspecified atom stereocenters. The largest absolute Gasteiger partial charge is 0.496 e. The number of carbonyl (C=O) groups excluding carboxylic acids is 1. The molecule has 0 radical (unpaired) electrons. The van der Waals surface area contributed by atoms with E-state index in [4.69, 9.17) is 20.8 Å². The summed E-state index contributed by atoms with van der Waals surface area (Å²) in [5.74, 6) is 1.44. The van der Waals surface area contributed by atoms with E-state index in [9.17, 15) is 4.79 Å². The number of para-hydroxylation sites is 1. The van der Waals surface area contributed by atoms with Crippen LogP contribution in [0, 0.1) is 0 Å². The highest BCUT2D eigenvalue weighted by atomic mass is 35.5. The Morgan fingerprint density at radius 1 is 1.21 bits per heavy atom. The first kappa shape index (κ1) is 19.2. The van der Waals surface area contributed by atoms with E-state index in [1.54, 1.807) is 36.3 Å². The van der Waals surface area contributed by atoms with Gasteiger partial charge in [0.15, 0.2) is 0 Å². The maximum atomic E-state index is 12.8. The summed E-state index contributed by atoms with van der Waals surface area (Å²) >= 11 is 5.92. The van der Waals surface area contributed by atoms with Crippen molar-refractivity contribution < 1.29 is 13.9 Å². The molecule has 1 amide bonds. The second-order valence-corrected chi connectivity index (χ2v) is 7.22. The number of halogens is 1. The van der Waals surface area contributed by atoms with Crippen LogP contribution in [0.3, 0.4) is 0 Å². The molecule has 7 heteroatoms. The fourth-order valence-electron chi connectivity index (χ4n) is 3.01. The van der Waals surface area contributed by atoms with Gasteiger partial charge < -0.3 is 14.1 Å². The van der Waals surface area contributed by atoms with Gasteiger partial charge in [0, 0.05) is 28.3 Å². The summed E-state index contributed by atoms with van der Waals surface area (Å²) in [5, 5.41) is 8.84. The van der Waals surface area contributed by atoms with Crippen LogP contribution in [0.1, 0.15) is 24.3 Å². The summed E-state index contributed by atoms with van der Waals surface area (Å²) in [6.07, 6.45) is 5.29. The third-order valence-corrected chi connectivity index (χ3v) is 4.93. The second-order valence-electron chi connectivity index (χ2n) is 6.78. The van der Waals surface area contributed by atoms with Gasteiger partial charge in [0.2, 0.25) is 17.7 Å². The van der Waals surface area contributed by atoms with E-state index in [2.05, 4.69) is 10.2 Å². The lowest BCUT2D eigenvalue weighted by atomic mass is 10.2. The van der Waals surface area contributed by atoms with Crippen LogP contribution in [-0.4, -0.2) is 34.2 Å². The van der Waals surface area contributed by atoms with Crippen LogP contribution in [0.25, 0.3) is 17.5 Å². The molecule has 0 N–H and O–H groups in total. The summed E-state index contributed by atoms with van der Waals surface area (Å²) < 4.78 is 11.1. The molecule has 0 bridgehead atoms. The zero-order valence-corrected chi connectivity index (χ0v) is 16.7. The lowest BCUT2D eigenvalue weighted by Crippen LogP contribution is -2.31. The van der Waals surface area contributed by atoms with Crippen LogP contribution >= 0.6 is 11.6 Å². The van der Waals surface area contributed by atoms with Crippen LogP contribution in [0.5, 0.6) is 5.75 Å². The van der Waals surface area contributed by atoms with Crippen molar-refractivity contribution in [3.63, 3.8) is 0 Å². The third-order valence-electron chi connectivity index (χ3n) is 4.68. The Balaban J connectivity index is 1.48. The highest BCUT2D eigenvalue weighted by Crippen LogP contribution is 2.29. The first-order valence-corrected chi connectivity index (χ1v) is 9.72. The number of hydrogen-bond donors (Lipinski definition) is 0. The summed E-state index contributed by atoms with van der Waals surface area (Å²) in [5.41, 5.74) is 1.63. The van der Waals surface area contributed by atoms with Crippen LogP contribution in [0.2, 0.25) is 5.02 Å². The Bertz CT molecular complexity index is 1030. The van der Waals surface area contributed by atoms with Gasteiger partial charge in [-0.3, -0.25) is 4.79 Å². The first-order valence-electron chi connectivity index (χ1n) is 9.34. The summed E-state index contributed by atoms with van der Waals surface area (Å²) in [6, 6.07) is 14.9. The number of ether oxygens (including phenoxy) is 1. The summed E-state index contributed by atoms with van der Waals surface area (Å²) in [4.78, 5) is 14.6. The van der Waals surface area contributed by atoms with E-state index in [0.29, 0.717) is 16.8 Å². The molecule has 0 atom stereocenters. The molecule has 0 spiro atoms. The highest BCUT2D eigenvalue weighted by Gasteiger charge is 2.32. The van der Waals surface area contributed by atoms with Crippen molar-refractivity contribution in [3.05, 3.63) is 71.1 Å². The Morgan fingerprint density at radius 2 is 1.97 bits per heavy atom. The molecule has 2 aromatic carbocycles. The van der Waals surface area contributed by atoms with E-state index in [0.717, 1.165) is 29.7 Å². The van der Waals surface area contributed by atoms with Crippen molar-refractivity contribution >= 4 is 23.6 Å². The summed E-state index contributed by atoms with van der Waals surface area (Å²) in [6.45, 7) is 0.278. The maximum absolute atomic E-state index is 12.8. The molecule has 1 aromatic heterocycles. The number of carbonyl (C=O) groups is 1. The Hall–Kier alpha value is -3.12. The number of methoxy groups -OCH3 is 1. The molecule has 0 saturated heterocycles. The van der Waals surface area contributed by atoms with Gasteiger partial charge >= 0.3 is 0 Å². The van der Waals surface area contributed by atoms with Gasteiger partial charge in [-0.25, -0.2) is 0 Å². The molecule has 1 saturated carbocycles. The van der Waals surface area contributed by atoms with E-state index >= 15 is 0 Å². The van der Waals surface area contributed by atoms with E-state index < -0.39 is 0 Å².